The van der Waals surface area contributed by atoms with Crippen molar-refractivity contribution < 1.29 is 14.6 Å². The zero-order chi connectivity index (χ0) is 14.7. The predicted molar refractivity (Wildman–Crippen MR) is 86.4 cm³/mol. The van der Waals surface area contributed by atoms with Gasteiger partial charge in [-0.1, -0.05) is 24.9 Å². The lowest BCUT2D eigenvalue weighted by Gasteiger charge is -2.17. The lowest BCUT2D eigenvalue weighted by molar-refractivity contribution is -0.145. The maximum Gasteiger partial charge on any atom is 0.344 e. The van der Waals surface area contributed by atoms with Crippen molar-refractivity contribution in [1.29, 1.82) is 0 Å². The molecule has 0 saturated heterocycles. The molecule has 1 unspecified atom stereocenters. The second-order valence-electron chi connectivity index (χ2n) is 4.30. The molecule has 1 atom stereocenters. The average molecular weight is 406 g/mol. The number of carboxylic acid groups (broad SMARTS) is 1. The van der Waals surface area contributed by atoms with E-state index in [9.17, 15) is 9.90 Å². The maximum atomic E-state index is 11.2. The van der Waals surface area contributed by atoms with Crippen molar-refractivity contribution >= 4 is 51.1 Å². The number of halogens is 2. The zero-order valence-electron chi connectivity index (χ0n) is 10.8. The van der Waals surface area contributed by atoms with Crippen LogP contribution in [0.5, 0.6) is 5.75 Å². The molecular weight excluding hydrogens is 393 g/mol. The Morgan fingerprint density at radius 1 is 1.60 bits per heavy atom. The van der Waals surface area contributed by atoms with Crippen molar-refractivity contribution in [1.82, 2.24) is 4.98 Å². The molecule has 0 amide bonds. The van der Waals surface area contributed by atoms with Gasteiger partial charge in [-0.05, 0) is 47.2 Å². The molecular formula is C14H13ClINO3. The molecule has 1 aromatic carbocycles. The number of nitrogens with zero attached hydrogens (tertiary/aromatic N) is 1. The van der Waals surface area contributed by atoms with Crippen molar-refractivity contribution in [2.24, 2.45) is 0 Å². The lowest BCUT2D eigenvalue weighted by Crippen LogP contribution is -2.27. The summed E-state index contributed by atoms with van der Waals surface area (Å²) in [7, 11) is 0. The first-order valence-corrected chi connectivity index (χ1v) is 7.62. The van der Waals surface area contributed by atoms with Crippen LogP contribution >= 0.6 is 34.2 Å². The van der Waals surface area contributed by atoms with Gasteiger partial charge in [0.15, 0.2) is 11.9 Å². The molecule has 6 heteroatoms. The summed E-state index contributed by atoms with van der Waals surface area (Å²) in [6, 6.07) is 5.38. The molecule has 0 aliphatic rings. The lowest BCUT2D eigenvalue weighted by atomic mass is 10.2. The van der Waals surface area contributed by atoms with Crippen LogP contribution in [0.4, 0.5) is 0 Å². The van der Waals surface area contributed by atoms with E-state index in [1.165, 1.54) is 0 Å². The first-order valence-electron chi connectivity index (χ1n) is 6.16. The maximum absolute atomic E-state index is 11.2. The minimum absolute atomic E-state index is 0.447. The molecule has 0 aliphatic carbocycles. The summed E-state index contributed by atoms with van der Waals surface area (Å²) in [5, 5.41) is 10.5. The van der Waals surface area contributed by atoms with E-state index in [0.717, 1.165) is 15.4 Å². The number of fused-ring (bicyclic) bond motifs is 1. The van der Waals surface area contributed by atoms with Crippen LogP contribution < -0.4 is 4.74 Å². The number of aromatic nitrogens is 1. The Morgan fingerprint density at radius 3 is 3.00 bits per heavy atom. The van der Waals surface area contributed by atoms with Crippen molar-refractivity contribution in [3.63, 3.8) is 0 Å². The minimum atomic E-state index is -0.971. The normalized spacial score (nSPS) is 12.3. The number of aliphatic carboxylic acids is 1. The van der Waals surface area contributed by atoms with Crippen molar-refractivity contribution in [2.75, 3.05) is 0 Å². The zero-order valence-corrected chi connectivity index (χ0v) is 13.7. The van der Waals surface area contributed by atoms with Gasteiger partial charge >= 0.3 is 5.97 Å². The fraction of sp³-hybridized carbons (Fsp3) is 0.286. The molecule has 1 heterocycles. The third-order valence-electron chi connectivity index (χ3n) is 2.84. The van der Waals surface area contributed by atoms with E-state index in [-0.39, 0.29) is 0 Å². The van der Waals surface area contributed by atoms with Crippen LogP contribution in [0.15, 0.2) is 24.4 Å². The van der Waals surface area contributed by atoms with Gasteiger partial charge in [0.2, 0.25) is 0 Å². The third kappa shape index (κ3) is 3.15. The highest BCUT2D eigenvalue weighted by atomic mass is 127. The molecule has 0 aliphatic heterocycles. The Morgan fingerprint density at radius 2 is 2.35 bits per heavy atom. The molecule has 0 bridgehead atoms. The number of ether oxygens (including phenoxy) is 1. The SMILES string of the molecule is CCCC(Oc1c(I)cc(Cl)c2cccnc12)C(=O)O. The Balaban J connectivity index is 2.50. The number of rotatable bonds is 5. The Hall–Kier alpha value is -1.08. The fourth-order valence-corrected chi connectivity index (χ4v) is 3.04. The van der Waals surface area contributed by atoms with Crippen LogP contribution in [0.3, 0.4) is 0 Å². The number of hydrogen-bond donors (Lipinski definition) is 1. The third-order valence-corrected chi connectivity index (χ3v) is 3.95. The van der Waals surface area contributed by atoms with E-state index in [2.05, 4.69) is 27.6 Å². The van der Waals surface area contributed by atoms with Gasteiger partial charge in [-0.25, -0.2) is 4.79 Å². The molecule has 4 nitrogen and oxygen atoms in total. The summed E-state index contributed by atoms with van der Waals surface area (Å²) in [5.41, 5.74) is 0.590. The van der Waals surface area contributed by atoms with Gasteiger partial charge in [0, 0.05) is 11.6 Å². The first-order chi connectivity index (χ1) is 9.54. The van der Waals surface area contributed by atoms with Gasteiger partial charge in [0.1, 0.15) is 5.52 Å². The van der Waals surface area contributed by atoms with E-state index in [0.29, 0.717) is 22.7 Å². The summed E-state index contributed by atoms with van der Waals surface area (Å²) in [4.78, 5) is 15.5. The largest absolute Gasteiger partial charge is 0.479 e. The van der Waals surface area contributed by atoms with Crippen LogP contribution in [-0.2, 0) is 4.79 Å². The monoisotopic (exact) mass is 405 g/mol. The van der Waals surface area contributed by atoms with Crippen LogP contribution in [0, 0.1) is 3.57 Å². The summed E-state index contributed by atoms with van der Waals surface area (Å²) >= 11 is 8.25. The van der Waals surface area contributed by atoms with Gasteiger partial charge in [0.05, 0.1) is 8.59 Å². The van der Waals surface area contributed by atoms with Crippen LogP contribution in [0.2, 0.25) is 5.02 Å². The van der Waals surface area contributed by atoms with Crippen LogP contribution in [-0.4, -0.2) is 22.2 Å². The summed E-state index contributed by atoms with van der Waals surface area (Å²) in [5.74, 6) is -0.492. The Bertz CT molecular complexity index is 648. The van der Waals surface area contributed by atoms with E-state index in [4.69, 9.17) is 16.3 Å². The second-order valence-corrected chi connectivity index (χ2v) is 5.87. The highest BCUT2D eigenvalue weighted by Gasteiger charge is 2.22. The number of hydrogen-bond acceptors (Lipinski definition) is 3. The van der Waals surface area contributed by atoms with E-state index in [1.807, 2.05) is 13.0 Å². The van der Waals surface area contributed by atoms with Gasteiger partial charge in [-0.15, -0.1) is 0 Å². The molecule has 20 heavy (non-hydrogen) atoms. The molecule has 106 valence electrons. The molecule has 2 rings (SSSR count). The average Bonchev–Trinajstić information content (AvgIpc) is 2.42. The summed E-state index contributed by atoms with van der Waals surface area (Å²) in [6.45, 7) is 1.92. The molecule has 0 fully saturated rings. The second kappa shape index (κ2) is 6.58. The van der Waals surface area contributed by atoms with Crippen LogP contribution in [0.1, 0.15) is 19.8 Å². The quantitative estimate of drug-likeness (QED) is 0.760. The number of carboxylic acids is 1. The van der Waals surface area contributed by atoms with Crippen LogP contribution in [0.25, 0.3) is 10.9 Å². The molecule has 1 aromatic heterocycles. The van der Waals surface area contributed by atoms with Gasteiger partial charge in [0.25, 0.3) is 0 Å². The number of pyridine rings is 1. The van der Waals surface area contributed by atoms with Crippen molar-refractivity contribution in [2.45, 2.75) is 25.9 Å². The topological polar surface area (TPSA) is 59.4 Å². The predicted octanol–water partition coefficient (Wildman–Crippen LogP) is 4.12. The Kier molecular flexibility index (Phi) is 5.04. The van der Waals surface area contributed by atoms with Gasteiger partial charge in [-0.3, -0.25) is 4.98 Å². The standard InChI is InChI=1S/C14H13ClINO3/c1-2-4-11(14(18)19)20-13-10(16)7-9(15)8-5-3-6-17-12(8)13/h3,5-7,11H,2,4H2,1H3,(H,18,19). The van der Waals surface area contributed by atoms with Crippen molar-refractivity contribution in [3.05, 3.63) is 33.0 Å². The first kappa shape index (κ1) is 15.3. The molecule has 0 saturated carbocycles. The highest BCUT2D eigenvalue weighted by Crippen LogP contribution is 2.35. The summed E-state index contributed by atoms with van der Waals surface area (Å²) in [6.07, 6.45) is 1.94. The number of carbonyl (C=O) groups is 1. The van der Waals surface area contributed by atoms with Gasteiger partial charge in [-0.2, -0.15) is 0 Å². The summed E-state index contributed by atoms with van der Waals surface area (Å²) < 4.78 is 6.44. The van der Waals surface area contributed by atoms with E-state index in [1.54, 1.807) is 18.3 Å². The number of benzene rings is 1. The molecule has 0 radical (unpaired) electrons. The molecule has 0 spiro atoms. The smallest absolute Gasteiger partial charge is 0.344 e. The van der Waals surface area contributed by atoms with Crippen molar-refractivity contribution in [3.8, 4) is 5.75 Å². The molecule has 2 aromatic rings. The van der Waals surface area contributed by atoms with Gasteiger partial charge < -0.3 is 9.84 Å². The molecule has 1 N–H and O–H groups in total. The fourth-order valence-electron chi connectivity index (χ4n) is 1.90. The van der Waals surface area contributed by atoms with E-state index < -0.39 is 12.1 Å². The minimum Gasteiger partial charge on any atom is -0.479 e. The Labute approximate surface area is 135 Å². The van der Waals surface area contributed by atoms with E-state index >= 15 is 0 Å². The highest BCUT2D eigenvalue weighted by molar-refractivity contribution is 14.1.